The lowest BCUT2D eigenvalue weighted by molar-refractivity contribution is -0.141. The summed E-state index contributed by atoms with van der Waals surface area (Å²) in [5, 5.41) is 6.19. The molecule has 0 atom stereocenters. The van der Waals surface area contributed by atoms with Gasteiger partial charge in [-0.15, -0.1) is 0 Å². The van der Waals surface area contributed by atoms with Crippen molar-refractivity contribution in [3.63, 3.8) is 0 Å². The van der Waals surface area contributed by atoms with Crippen LogP contribution in [0.15, 0.2) is 30.3 Å². The van der Waals surface area contributed by atoms with Crippen LogP contribution in [0.25, 0.3) is 0 Å². The molecule has 0 saturated carbocycles. The van der Waals surface area contributed by atoms with Crippen molar-refractivity contribution in [3.8, 4) is 0 Å². The molecule has 0 aliphatic carbocycles. The first-order chi connectivity index (χ1) is 12.8. The fourth-order valence-corrected chi connectivity index (χ4v) is 2.91. The number of nitrogens with zero attached hydrogens (tertiary/aromatic N) is 3. The van der Waals surface area contributed by atoms with Gasteiger partial charge in [0.05, 0.1) is 13.2 Å². The van der Waals surface area contributed by atoms with Crippen molar-refractivity contribution in [2.75, 3.05) is 31.6 Å². The highest BCUT2D eigenvalue weighted by Crippen LogP contribution is 2.28. The second-order valence-electron chi connectivity index (χ2n) is 6.46. The zero-order valence-electron chi connectivity index (χ0n) is 14.9. The number of carbonyl (C=O) groups is 1. The fraction of sp³-hybridized carbons (Fsp3) is 0.444. The first-order valence-corrected chi connectivity index (χ1v) is 8.62. The predicted molar refractivity (Wildman–Crippen MR) is 93.1 cm³/mol. The topological polar surface area (TPSA) is 59.4 Å². The number of hydrogen-bond donors (Lipinski definition) is 1. The van der Waals surface area contributed by atoms with Crippen molar-refractivity contribution in [2.45, 2.75) is 26.2 Å². The van der Waals surface area contributed by atoms with E-state index in [2.05, 4.69) is 15.3 Å². The van der Waals surface area contributed by atoms with Gasteiger partial charge in [0.2, 0.25) is 5.91 Å². The van der Waals surface area contributed by atoms with Gasteiger partial charge < -0.3 is 10.1 Å². The Balaban J connectivity index is 1.61. The summed E-state index contributed by atoms with van der Waals surface area (Å²) in [7, 11) is 0. The van der Waals surface area contributed by atoms with E-state index in [-0.39, 0.29) is 12.2 Å². The molecule has 0 bridgehead atoms. The lowest BCUT2D eigenvalue weighted by Gasteiger charge is -2.26. The van der Waals surface area contributed by atoms with Gasteiger partial charge in [0.15, 0.2) is 5.69 Å². The van der Waals surface area contributed by atoms with Gasteiger partial charge in [-0.25, -0.2) is 0 Å². The normalized spacial score (nSPS) is 15.7. The molecular formula is C18H21F3N4O2. The maximum absolute atomic E-state index is 12.7. The number of morpholine rings is 1. The average molecular weight is 382 g/mol. The first-order valence-electron chi connectivity index (χ1n) is 8.62. The summed E-state index contributed by atoms with van der Waals surface area (Å²) < 4.78 is 44.5. The third-order valence-electron chi connectivity index (χ3n) is 4.29. The quantitative estimate of drug-likeness (QED) is 0.864. The Hall–Kier alpha value is -2.39. The van der Waals surface area contributed by atoms with Crippen molar-refractivity contribution in [2.24, 2.45) is 0 Å². The minimum atomic E-state index is -4.53. The van der Waals surface area contributed by atoms with Gasteiger partial charge in [-0.3, -0.25) is 14.4 Å². The lowest BCUT2D eigenvalue weighted by Crippen LogP contribution is -2.35. The van der Waals surface area contributed by atoms with Crippen molar-refractivity contribution in [1.82, 2.24) is 14.7 Å². The van der Waals surface area contributed by atoms with Gasteiger partial charge in [0.25, 0.3) is 0 Å². The van der Waals surface area contributed by atoms with Crippen molar-refractivity contribution in [3.05, 3.63) is 47.3 Å². The second kappa shape index (κ2) is 8.10. The molecule has 0 radical (unpaired) electrons. The standard InChI is InChI=1S/C18H21F3N4O2/c1-13-9-16(18(19,20)21)23-25(13)12-17(26)22-15-4-2-3-14(10-15)11-24-5-7-27-8-6-24/h2-4,9-10H,5-8,11-12H2,1H3,(H,22,26). The molecule has 1 fully saturated rings. The van der Waals surface area contributed by atoms with Gasteiger partial charge in [-0.2, -0.15) is 18.3 Å². The Labute approximate surface area is 154 Å². The van der Waals surface area contributed by atoms with Crippen LogP contribution in [0.4, 0.5) is 18.9 Å². The largest absolute Gasteiger partial charge is 0.435 e. The highest BCUT2D eigenvalue weighted by atomic mass is 19.4. The molecular weight excluding hydrogens is 361 g/mol. The summed E-state index contributed by atoms with van der Waals surface area (Å²) in [4.78, 5) is 14.5. The van der Waals surface area contributed by atoms with Crippen LogP contribution in [0.2, 0.25) is 0 Å². The molecule has 1 aliphatic rings. The van der Waals surface area contributed by atoms with Crippen LogP contribution in [0.5, 0.6) is 0 Å². The van der Waals surface area contributed by atoms with Crippen molar-refractivity contribution in [1.29, 1.82) is 0 Å². The number of aryl methyl sites for hydroxylation is 1. The molecule has 27 heavy (non-hydrogen) atoms. The van der Waals surface area contributed by atoms with E-state index < -0.39 is 17.8 Å². The van der Waals surface area contributed by atoms with E-state index in [0.29, 0.717) is 18.9 Å². The third-order valence-corrected chi connectivity index (χ3v) is 4.29. The van der Waals surface area contributed by atoms with Crippen LogP contribution in [0.3, 0.4) is 0 Å². The van der Waals surface area contributed by atoms with Gasteiger partial charge >= 0.3 is 6.18 Å². The second-order valence-corrected chi connectivity index (χ2v) is 6.46. The SMILES string of the molecule is Cc1cc(C(F)(F)F)nn1CC(=O)Nc1cccc(CN2CCOCC2)c1. The van der Waals surface area contributed by atoms with Gasteiger partial charge in [0.1, 0.15) is 6.54 Å². The minimum absolute atomic E-state index is 0.276. The maximum atomic E-state index is 12.7. The number of nitrogens with one attached hydrogen (secondary N) is 1. The summed E-state index contributed by atoms with van der Waals surface area (Å²) in [5.41, 5.74) is 0.926. The Morgan fingerprint density at radius 3 is 2.67 bits per heavy atom. The number of amides is 1. The predicted octanol–water partition coefficient (Wildman–Crippen LogP) is 2.68. The highest BCUT2D eigenvalue weighted by molar-refractivity contribution is 5.90. The van der Waals surface area contributed by atoms with E-state index >= 15 is 0 Å². The molecule has 1 aromatic heterocycles. The molecule has 6 nitrogen and oxygen atoms in total. The number of aromatic nitrogens is 2. The third kappa shape index (κ3) is 5.30. The summed E-state index contributed by atoms with van der Waals surface area (Å²) in [6, 6.07) is 8.35. The number of rotatable bonds is 5. The summed E-state index contributed by atoms with van der Waals surface area (Å²) in [5.74, 6) is -0.432. The molecule has 3 rings (SSSR count). The molecule has 1 amide bonds. The summed E-state index contributed by atoms with van der Waals surface area (Å²) >= 11 is 0. The number of hydrogen-bond acceptors (Lipinski definition) is 4. The minimum Gasteiger partial charge on any atom is -0.379 e. The van der Waals surface area contributed by atoms with Crippen LogP contribution in [0, 0.1) is 6.92 Å². The molecule has 1 N–H and O–H groups in total. The summed E-state index contributed by atoms with van der Waals surface area (Å²) in [6.45, 7) is 5.08. The molecule has 1 saturated heterocycles. The van der Waals surface area contributed by atoms with Crippen molar-refractivity contribution < 1.29 is 22.7 Å². The highest BCUT2D eigenvalue weighted by Gasteiger charge is 2.34. The van der Waals surface area contributed by atoms with E-state index in [4.69, 9.17) is 4.74 Å². The van der Waals surface area contributed by atoms with Crippen LogP contribution in [0.1, 0.15) is 17.0 Å². The van der Waals surface area contributed by atoms with Crippen LogP contribution >= 0.6 is 0 Å². The Morgan fingerprint density at radius 2 is 2.00 bits per heavy atom. The van der Waals surface area contributed by atoms with E-state index in [1.165, 1.54) is 6.92 Å². The number of benzene rings is 1. The molecule has 2 aromatic rings. The van der Waals surface area contributed by atoms with E-state index in [1.807, 2.05) is 18.2 Å². The zero-order valence-corrected chi connectivity index (χ0v) is 14.9. The van der Waals surface area contributed by atoms with E-state index in [1.54, 1.807) is 6.07 Å². The van der Waals surface area contributed by atoms with Crippen LogP contribution < -0.4 is 5.32 Å². The zero-order chi connectivity index (χ0) is 19.4. The molecule has 2 heterocycles. The molecule has 9 heteroatoms. The van der Waals surface area contributed by atoms with Gasteiger partial charge in [-0.05, 0) is 30.7 Å². The molecule has 146 valence electrons. The van der Waals surface area contributed by atoms with Gasteiger partial charge in [-0.1, -0.05) is 12.1 Å². The number of halogens is 3. The summed E-state index contributed by atoms with van der Waals surface area (Å²) in [6.07, 6.45) is -4.53. The number of ether oxygens (including phenoxy) is 1. The first kappa shape index (κ1) is 19.4. The number of alkyl halides is 3. The maximum Gasteiger partial charge on any atom is 0.435 e. The number of carbonyl (C=O) groups excluding carboxylic acids is 1. The average Bonchev–Trinajstić information content (AvgIpc) is 2.97. The Kier molecular flexibility index (Phi) is 5.81. The molecule has 1 aliphatic heterocycles. The van der Waals surface area contributed by atoms with E-state index in [9.17, 15) is 18.0 Å². The van der Waals surface area contributed by atoms with Crippen LogP contribution in [-0.2, 0) is 28.8 Å². The van der Waals surface area contributed by atoms with E-state index in [0.717, 1.165) is 35.9 Å². The molecule has 0 spiro atoms. The lowest BCUT2D eigenvalue weighted by atomic mass is 10.2. The monoisotopic (exact) mass is 382 g/mol. The van der Waals surface area contributed by atoms with Crippen molar-refractivity contribution >= 4 is 11.6 Å². The van der Waals surface area contributed by atoms with Gasteiger partial charge in [0, 0.05) is 31.0 Å². The number of anilines is 1. The molecule has 0 unspecified atom stereocenters. The smallest absolute Gasteiger partial charge is 0.379 e. The fourth-order valence-electron chi connectivity index (χ4n) is 2.91. The molecule has 1 aromatic carbocycles. The Bertz CT molecular complexity index is 798. The van der Waals surface area contributed by atoms with Crippen LogP contribution in [-0.4, -0.2) is 46.9 Å². The Morgan fingerprint density at radius 1 is 1.26 bits per heavy atom.